The minimum Gasteiger partial charge on any atom is -0.326 e. The largest absolute Gasteiger partial charge is 0.326 e. The molecule has 1 aromatic carbocycles. The third-order valence-electron chi connectivity index (χ3n) is 3.23. The molecule has 82 valence electrons. The van der Waals surface area contributed by atoms with Gasteiger partial charge in [-0.1, -0.05) is 18.2 Å². The maximum absolute atomic E-state index is 12.2. The van der Waals surface area contributed by atoms with E-state index >= 15 is 0 Å². The number of nitrogens with zero attached hydrogens (tertiary/aromatic N) is 1. The zero-order valence-electron chi connectivity index (χ0n) is 8.77. The van der Waals surface area contributed by atoms with E-state index in [1.807, 2.05) is 0 Å². The summed E-state index contributed by atoms with van der Waals surface area (Å²) in [7, 11) is 0. The molecular formula is C12H12N2O2. The van der Waals surface area contributed by atoms with E-state index in [9.17, 15) is 9.59 Å². The summed E-state index contributed by atoms with van der Waals surface area (Å²) < 4.78 is 0. The topological polar surface area (TPSA) is 49.4 Å². The first-order chi connectivity index (χ1) is 7.79. The van der Waals surface area contributed by atoms with Crippen LogP contribution in [0.25, 0.3) is 0 Å². The smallest absolute Gasteiger partial charge is 0.255 e. The van der Waals surface area contributed by atoms with Crippen LogP contribution in [-0.2, 0) is 0 Å². The number of hydrogen-bond donors (Lipinski definition) is 1. The van der Waals surface area contributed by atoms with Crippen LogP contribution in [0.1, 0.15) is 20.7 Å². The molecule has 3 rings (SSSR count). The lowest BCUT2D eigenvalue weighted by atomic mass is 9.91. The molecule has 1 amide bonds. The molecule has 0 saturated carbocycles. The molecule has 2 heterocycles. The summed E-state index contributed by atoms with van der Waals surface area (Å²) in [6, 6.07) is 6.76. The van der Waals surface area contributed by atoms with E-state index in [1.54, 1.807) is 29.2 Å². The monoisotopic (exact) mass is 216 g/mol. The van der Waals surface area contributed by atoms with Crippen LogP contribution < -0.4 is 5.32 Å². The summed E-state index contributed by atoms with van der Waals surface area (Å²) >= 11 is 0. The quantitative estimate of drug-likeness (QED) is 0.678. The van der Waals surface area contributed by atoms with Gasteiger partial charge in [-0.3, -0.25) is 9.59 Å². The summed E-state index contributed by atoms with van der Waals surface area (Å²) in [5.74, 6) is 0.0455. The van der Waals surface area contributed by atoms with Gasteiger partial charge in [-0.25, -0.2) is 0 Å². The van der Waals surface area contributed by atoms with E-state index in [2.05, 4.69) is 5.32 Å². The number of fused-ring (bicyclic) bond motifs is 2. The zero-order chi connectivity index (χ0) is 11.1. The summed E-state index contributed by atoms with van der Waals surface area (Å²) in [5.41, 5.74) is 1.11. The lowest BCUT2D eigenvalue weighted by molar-refractivity contribution is 0.0536. The molecule has 0 spiro atoms. The number of carbonyl (C=O) groups excluding carboxylic acids is 2. The molecule has 1 aromatic rings. The van der Waals surface area contributed by atoms with Crippen molar-refractivity contribution in [1.82, 2.24) is 10.2 Å². The van der Waals surface area contributed by atoms with Crippen molar-refractivity contribution < 1.29 is 9.59 Å². The van der Waals surface area contributed by atoms with Crippen molar-refractivity contribution in [1.29, 1.82) is 0 Å². The van der Waals surface area contributed by atoms with Gasteiger partial charge in [0.15, 0.2) is 5.78 Å². The molecule has 1 fully saturated rings. The van der Waals surface area contributed by atoms with Crippen LogP contribution >= 0.6 is 0 Å². The molecule has 1 saturated heterocycles. The summed E-state index contributed by atoms with van der Waals surface area (Å²) in [5, 5.41) is 3.15. The molecule has 0 bridgehead atoms. The molecule has 0 radical (unpaired) electrons. The lowest BCUT2D eigenvalue weighted by Crippen LogP contribution is -2.59. The minimum absolute atomic E-state index is 0.0123. The number of benzene rings is 1. The predicted octanol–water partition coefficient (Wildman–Crippen LogP) is 0.297. The van der Waals surface area contributed by atoms with Crippen molar-refractivity contribution in [3.8, 4) is 0 Å². The second kappa shape index (κ2) is 3.42. The Labute approximate surface area is 93.2 Å². The minimum atomic E-state index is -0.309. The number of nitrogens with one attached hydrogen (secondary N) is 1. The number of piperazine rings is 1. The average molecular weight is 216 g/mol. The Kier molecular flexibility index (Phi) is 2.04. The Bertz CT molecular complexity index is 427. The van der Waals surface area contributed by atoms with Crippen LogP contribution in [0.4, 0.5) is 0 Å². The maximum Gasteiger partial charge on any atom is 0.255 e. The lowest BCUT2D eigenvalue weighted by Gasteiger charge is -2.38. The van der Waals surface area contributed by atoms with Gasteiger partial charge in [0.25, 0.3) is 5.91 Å². The first-order valence-corrected chi connectivity index (χ1v) is 5.44. The molecule has 2 aliphatic rings. The number of Topliss-reactive ketones (excluding diaryl/α,β-unsaturated/α-hetero) is 1. The SMILES string of the molecule is O=C1c2ccccc2C(=O)N2CCNCC12. The van der Waals surface area contributed by atoms with Gasteiger partial charge in [0.2, 0.25) is 0 Å². The summed E-state index contributed by atoms with van der Waals surface area (Å²) in [6.07, 6.45) is 0. The number of amides is 1. The van der Waals surface area contributed by atoms with Crippen LogP contribution in [0.3, 0.4) is 0 Å². The highest BCUT2D eigenvalue weighted by molar-refractivity contribution is 6.15. The fourth-order valence-corrected chi connectivity index (χ4v) is 2.40. The number of rotatable bonds is 0. The molecule has 4 nitrogen and oxygen atoms in total. The van der Waals surface area contributed by atoms with E-state index in [1.165, 1.54) is 0 Å². The first-order valence-electron chi connectivity index (χ1n) is 5.44. The highest BCUT2D eigenvalue weighted by atomic mass is 16.2. The van der Waals surface area contributed by atoms with Crippen molar-refractivity contribution in [2.45, 2.75) is 6.04 Å². The van der Waals surface area contributed by atoms with E-state index in [4.69, 9.17) is 0 Å². The predicted molar refractivity (Wildman–Crippen MR) is 58.5 cm³/mol. The third-order valence-corrected chi connectivity index (χ3v) is 3.23. The Morgan fingerprint density at radius 3 is 2.75 bits per heavy atom. The second-order valence-electron chi connectivity index (χ2n) is 4.13. The molecule has 0 aliphatic carbocycles. The Hall–Kier alpha value is -1.68. The van der Waals surface area contributed by atoms with Crippen molar-refractivity contribution in [2.75, 3.05) is 19.6 Å². The Morgan fingerprint density at radius 2 is 1.94 bits per heavy atom. The van der Waals surface area contributed by atoms with Crippen molar-refractivity contribution in [3.05, 3.63) is 35.4 Å². The maximum atomic E-state index is 12.2. The average Bonchev–Trinajstić information content (AvgIpc) is 2.36. The van der Waals surface area contributed by atoms with Gasteiger partial charge >= 0.3 is 0 Å². The van der Waals surface area contributed by atoms with E-state index in [0.29, 0.717) is 24.2 Å². The highest BCUT2D eigenvalue weighted by Crippen LogP contribution is 2.23. The van der Waals surface area contributed by atoms with Gasteiger partial charge < -0.3 is 10.2 Å². The molecule has 0 aromatic heterocycles. The molecule has 16 heavy (non-hydrogen) atoms. The van der Waals surface area contributed by atoms with Gasteiger partial charge in [0.1, 0.15) is 6.04 Å². The highest BCUT2D eigenvalue weighted by Gasteiger charge is 2.39. The second-order valence-corrected chi connectivity index (χ2v) is 4.13. The molecule has 2 aliphatic heterocycles. The number of ketones is 1. The fourth-order valence-electron chi connectivity index (χ4n) is 2.40. The van der Waals surface area contributed by atoms with E-state index < -0.39 is 0 Å². The van der Waals surface area contributed by atoms with Crippen LogP contribution in [0, 0.1) is 0 Å². The Morgan fingerprint density at radius 1 is 1.19 bits per heavy atom. The Balaban J connectivity index is 2.12. The number of hydrogen-bond acceptors (Lipinski definition) is 3. The van der Waals surface area contributed by atoms with E-state index in [-0.39, 0.29) is 17.7 Å². The summed E-state index contributed by atoms with van der Waals surface area (Å²) in [6.45, 7) is 1.94. The van der Waals surface area contributed by atoms with Crippen molar-refractivity contribution in [2.24, 2.45) is 0 Å². The molecule has 4 heteroatoms. The van der Waals surface area contributed by atoms with Crippen LogP contribution in [0.5, 0.6) is 0 Å². The van der Waals surface area contributed by atoms with Gasteiger partial charge in [-0.15, -0.1) is 0 Å². The zero-order valence-corrected chi connectivity index (χ0v) is 8.77. The van der Waals surface area contributed by atoms with Gasteiger partial charge in [-0.05, 0) is 6.07 Å². The third kappa shape index (κ3) is 1.20. The molecule has 1 atom stereocenters. The first kappa shape index (κ1) is 9.54. The van der Waals surface area contributed by atoms with Gasteiger partial charge in [0.05, 0.1) is 5.56 Å². The standard InChI is InChI=1S/C12H12N2O2/c15-11-8-3-1-2-4-9(8)12(16)14-6-5-13-7-10(11)14/h1-4,10,13H,5-7H2. The van der Waals surface area contributed by atoms with Crippen molar-refractivity contribution in [3.63, 3.8) is 0 Å². The van der Waals surface area contributed by atoms with Crippen LogP contribution in [-0.4, -0.2) is 42.3 Å². The van der Waals surface area contributed by atoms with Gasteiger partial charge in [0, 0.05) is 25.2 Å². The van der Waals surface area contributed by atoms with Crippen LogP contribution in [0.2, 0.25) is 0 Å². The molecule has 1 unspecified atom stereocenters. The van der Waals surface area contributed by atoms with Crippen LogP contribution in [0.15, 0.2) is 24.3 Å². The van der Waals surface area contributed by atoms with Crippen molar-refractivity contribution >= 4 is 11.7 Å². The summed E-state index contributed by atoms with van der Waals surface area (Å²) in [4.78, 5) is 26.0. The fraction of sp³-hybridized carbons (Fsp3) is 0.333. The van der Waals surface area contributed by atoms with E-state index in [0.717, 1.165) is 6.54 Å². The number of carbonyl (C=O) groups is 2. The van der Waals surface area contributed by atoms with Gasteiger partial charge in [-0.2, -0.15) is 0 Å². The molecule has 1 N–H and O–H groups in total. The normalized spacial score (nSPS) is 24.0. The molecular weight excluding hydrogens is 204 g/mol.